The monoisotopic (exact) mass is 643 g/mol. The van der Waals surface area contributed by atoms with Gasteiger partial charge in [0, 0.05) is 24.7 Å². The molecule has 3 aromatic rings. The van der Waals surface area contributed by atoms with Gasteiger partial charge in [-0.1, -0.05) is 54.6 Å². The van der Waals surface area contributed by atoms with Crippen LogP contribution in [-0.4, -0.2) is 87.8 Å². The molecule has 47 heavy (non-hydrogen) atoms. The molecule has 3 aliphatic rings. The van der Waals surface area contributed by atoms with Gasteiger partial charge in [-0.25, -0.2) is 4.79 Å². The van der Waals surface area contributed by atoms with Crippen molar-refractivity contribution in [1.82, 2.24) is 15.1 Å². The summed E-state index contributed by atoms with van der Waals surface area (Å²) >= 11 is 0. The Morgan fingerprint density at radius 3 is 2.49 bits per heavy atom. The Bertz CT molecular complexity index is 1590. The lowest BCUT2D eigenvalue weighted by Crippen LogP contribution is -2.53. The minimum Gasteiger partial charge on any atom is -0.504 e. The zero-order valence-corrected chi connectivity index (χ0v) is 27.3. The number of ether oxygens (including phenoxy) is 1. The Morgan fingerprint density at radius 2 is 1.77 bits per heavy atom. The van der Waals surface area contributed by atoms with Gasteiger partial charge in [-0.15, -0.1) is 0 Å². The number of carbonyl (C=O) groups excluding carboxylic acids is 2. The van der Waals surface area contributed by atoms with Crippen molar-refractivity contribution in [2.45, 2.75) is 76.5 Å². The van der Waals surface area contributed by atoms with E-state index in [4.69, 9.17) is 4.74 Å². The summed E-state index contributed by atoms with van der Waals surface area (Å²) in [5.74, 6) is -1.70. The SMILES string of the molecule is CCOC(=O)[C@H](CCc1ccccc1)N[C@@H](C)C(=O)N1CCC[C@H]1C(=O)O.CN1CCc2cccc3c2[C@H]1Cc1ccc(O)c(O)c1-3. The largest absolute Gasteiger partial charge is 0.504 e. The van der Waals surface area contributed by atoms with E-state index in [2.05, 4.69) is 35.5 Å². The summed E-state index contributed by atoms with van der Waals surface area (Å²) in [4.78, 5) is 40.1. The predicted octanol–water partition coefficient (Wildman–Crippen LogP) is 4.45. The summed E-state index contributed by atoms with van der Waals surface area (Å²) in [6, 6.07) is 17.9. The molecule has 10 nitrogen and oxygen atoms in total. The van der Waals surface area contributed by atoms with Crippen molar-refractivity contribution in [1.29, 1.82) is 0 Å². The number of rotatable bonds is 9. The number of hydrogen-bond donors (Lipinski definition) is 4. The Labute approximate surface area is 276 Å². The highest BCUT2D eigenvalue weighted by molar-refractivity contribution is 5.88. The Morgan fingerprint density at radius 1 is 1.00 bits per heavy atom. The number of phenolic OH excluding ortho intramolecular Hbond substituents is 2. The van der Waals surface area contributed by atoms with Gasteiger partial charge in [0.15, 0.2) is 11.5 Å². The molecule has 1 aliphatic carbocycles. The number of carboxylic acids is 1. The molecule has 1 fully saturated rings. The molecule has 250 valence electrons. The second-order valence-electron chi connectivity index (χ2n) is 12.5. The quantitative estimate of drug-likeness (QED) is 0.197. The van der Waals surface area contributed by atoms with Crippen molar-refractivity contribution in [2.75, 3.05) is 26.7 Å². The fourth-order valence-electron chi connectivity index (χ4n) is 7.05. The lowest BCUT2D eigenvalue weighted by atomic mass is 9.77. The molecular formula is C37H45N3O7. The third-order valence-electron chi connectivity index (χ3n) is 9.50. The van der Waals surface area contributed by atoms with Crippen LogP contribution in [0.25, 0.3) is 11.1 Å². The Hall–Kier alpha value is -4.41. The van der Waals surface area contributed by atoms with Gasteiger partial charge in [0.1, 0.15) is 12.1 Å². The molecule has 2 aliphatic heterocycles. The number of esters is 1. The van der Waals surface area contributed by atoms with Crippen molar-refractivity contribution < 1.29 is 34.4 Å². The first-order valence-corrected chi connectivity index (χ1v) is 16.5. The normalized spacial score (nSPS) is 19.4. The van der Waals surface area contributed by atoms with Crippen LogP contribution in [-0.2, 0) is 38.4 Å². The standard InChI is InChI=1S/C20H28N2O5.C17H17NO2/c1-3-27-20(26)16(12-11-15-8-5-4-6-9-15)21-14(2)18(23)22-13-7-10-17(22)19(24)25;1-18-8-7-10-3-2-4-12-15(10)13(18)9-11-5-6-14(19)17(20)16(11)12/h4-6,8-9,14,16-17,21H,3,7,10-13H2,1-2H3,(H,24,25);2-6,13,19-20H,7-9H2,1H3/t14-,16-,17-;13-/m01/s1. The summed E-state index contributed by atoms with van der Waals surface area (Å²) in [5.41, 5.74) is 6.80. The third-order valence-corrected chi connectivity index (χ3v) is 9.50. The fraction of sp³-hybridized carbons (Fsp3) is 0.432. The van der Waals surface area contributed by atoms with Gasteiger partial charge in [0.25, 0.3) is 0 Å². The minimum absolute atomic E-state index is 0.0163. The number of benzene rings is 3. The molecule has 0 spiro atoms. The predicted molar refractivity (Wildman–Crippen MR) is 178 cm³/mol. The number of nitrogens with zero attached hydrogens (tertiary/aromatic N) is 2. The number of likely N-dealkylation sites (tertiary alicyclic amines) is 1. The number of likely N-dealkylation sites (N-methyl/N-ethyl adjacent to an activating group) is 1. The summed E-state index contributed by atoms with van der Waals surface area (Å²) in [6.07, 6.45) is 4.23. The third kappa shape index (κ3) is 7.44. The summed E-state index contributed by atoms with van der Waals surface area (Å²) < 4.78 is 5.14. The number of amides is 1. The van der Waals surface area contributed by atoms with E-state index >= 15 is 0 Å². The molecule has 0 saturated carbocycles. The van der Waals surface area contributed by atoms with Gasteiger partial charge < -0.3 is 25.0 Å². The first-order valence-electron chi connectivity index (χ1n) is 16.5. The van der Waals surface area contributed by atoms with Gasteiger partial charge in [0.05, 0.1) is 12.6 Å². The average molecular weight is 644 g/mol. The van der Waals surface area contributed by atoms with E-state index in [9.17, 15) is 29.7 Å². The second kappa shape index (κ2) is 15.0. The molecule has 0 radical (unpaired) electrons. The van der Waals surface area contributed by atoms with Crippen molar-refractivity contribution in [2.24, 2.45) is 0 Å². The first kappa shape index (κ1) is 33.9. The van der Waals surface area contributed by atoms with E-state index in [1.54, 1.807) is 19.9 Å². The number of phenols is 2. The molecule has 10 heteroatoms. The number of aromatic hydroxyl groups is 2. The minimum atomic E-state index is -0.987. The number of carboxylic acid groups (broad SMARTS) is 1. The van der Waals surface area contributed by atoms with Crippen LogP contribution in [0.5, 0.6) is 11.5 Å². The van der Waals surface area contributed by atoms with Gasteiger partial charge in [0.2, 0.25) is 5.91 Å². The molecule has 4 atom stereocenters. The molecule has 6 rings (SSSR count). The Balaban J connectivity index is 0.000000191. The van der Waals surface area contributed by atoms with Crippen LogP contribution >= 0.6 is 0 Å². The molecule has 0 unspecified atom stereocenters. The molecule has 2 heterocycles. The lowest BCUT2D eigenvalue weighted by Gasteiger charge is -2.39. The molecule has 4 N–H and O–H groups in total. The van der Waals surface area contributed by atoms with Crippen LogP contribution in [0.3, 0.4) is 0 Å². The van der Waals surface area contributed by atoms with Crippen LogP contribution in [0.15, 0.2) is 60.7 Å². The van der Waals surface area contributed by atoms with E-state index in [0.29, 0.717) is 38.3 Å². The zero-order chi connectivity index (χ0) is 33.7. The maximum atomic E-state index is 12.7. The highest BCUT2D eigenvalue weighted by atomic mass is 16.5. The van der Waals surface area contributed by atoms with Crippen molar-refractivity contribution >= 4 is 17.8 Å². The maximum Gasteiger partial charge on any atom is 0.326 e. The second-order valence-corrected chi connectivity index (χ2v) is 12.5. The van der Waals surface area contributed by atoms with E-state index in [1.165, 1.54) is 16.0 Å². The first-order chi connectivity index (χ1) is 22.6. The number of nitrogens with one attached hydrogen (secondary N) is 1. The summed E-state index contributed by atoms with van der Waals surface area (Å²) in [6.45, 7) is 5.16. The van der Waals surface area contributed by atoms with Gasteiger partial charge >= 0.3 is 11.9 Å². The summed E-state index contributed by atoms with van der Waals surface area (Å²) in [7, 11) is 2.16. The highest BCUT2D eigenvalue weighted by Gasteiger charge is 2.37. The highest BCUT2D eigenvalue weighted by Crippen LogP contribution is 2.49. The van der Waals surface area contributed by atoms with Crippen molar-refractivity contribution in [3.63, 3.8) is 0 Å². The molecule has 3 aromatic carbocycles. The van der Waals surface area contributed by atoms with Crippen LogP contribution in [0, 0.1) is 0 Å². The molecule has 0 aromatic heterocycles. The zero-order valence-electron chi connectivity index (χ0n) is 27.3. The number of aliphatic carboxylic acids is 1. The van der Waals surface area contributed by atoms with Crippen molar-refractivity contribution in [3.05, 3.63) is 82.9 Å². The molecule has 1 saturated heterocycles. The van der Waals surface area contributed by atoms with Gasteiger partial charge in [-0.05, 0) is 93.3 Å². The Kier molecular flexibility index (Phi) is 10.8. The van der Waals surface area contributed by atoms with Crippen LogP contribution in [0.2, 0.25) is 0 Å². The topological polar surface area (TPSA) is 140 Å². The summed E-state index contributed by atoms with van der Waals surface area (Å²) in [5, 5.41) is 32.4. The smallest absolute Gasteiger partial charge is 0.326 e. The van der Waals surface area contributed by atoms with E-state index in [-0.39, 0.29) is 24.0 Å². The maximum absolute atomic E-state index is 12.7. The molecular weight excluding hydrogens is 598 g/mol. The van der Waals surface area contributed by atoms with Crippen LogP contribution in [0.4, 0.5) is 0 Å². The number of hydrogen-bond acceptors (Lipinski definition) is 8. The van der Waals surface area contributed by atoms with Gasteiger partial charge in [-0.2, -0.15) is 0 Å². The van der Waals surface area contributed by atoms with Crippen molar-refractivity contribution in [3.8, 4) is 22.6 Å². The number of aryl methyl sites for hydroxylation is 1. The van der Waals surface area contributed by atoms with Crippen LogP contribution in [0.1, 0.15) is 61.4 Å². The number of carbonyl (C=O) groups is 3. The van der Waals surface area contributed by atoms with E-state index in [0.717, 1.165) is 41.6 Å². The van der Waals surface area contributed by atoms with Crippen LogP contribution < -0.4 is 5.32 Å². The van der Waals surface area contributed by atoms with E-state index < -0.39 is 30.1 Å². The van der Waals surface area contributed by atoms with E-state index in [1.807, 2.05) is 36.4 Å². The average Bonchev–Trinajstić information content (AvgIpc) is 3.57. The lowest BCUT2D eigenvalue weighted by molar-refractivity contribution is -0.150. The number of fused-ring (bicyclic) bond motifs is 2. The van der Waals surface area contributed by atoms with Gasteiger partial charge in [-0.3, -0.25) is 19.8 Å². The molecule has 1 amide bonds. The fourth-order valence-corrected chi connectivity index (χ4v) is 7.05. The molecule has 0 bridgehead atoms.